The number of carbonyl (C=O) groups excluding carboxylic acids is 1. The number of aromatic amines is 1. The number of aryl methyl sites for hydroxylation is 2. The van der Waals surface area contributed by atoms with Crippen LogP contribution in [0.2, 0.25) is 0 Å². The van der Waals surface area contributed by atoms with Crippen molar-refractivity contribution >= 4 is 33.8 Å². The standard InChI is InChI=1S/C19H21N5O3S2/c1-12-4-9-16(10-13(12)2)29(26,27)23-15-7-5-14(6-8-15)18(25)20-11-17-21-22-19(28)24(17)3/h4-10,23H,11H2,1-3H3,(H,20,25)(H,22,28). The van der Waals surface area contributed by atoms with Crippen LogP contribution in [0.15, 0.2) is 47.4 Å². The van der Waals surface area contributed by atoms with E-state index in [2.05, 4.69) is 20.2 Å². The van der Waals surface area contributed by atoms with Crippen LogP contribution in [0, 0.1) is 18.6 Å². The molecule has 0 unspecified atom stereocenters. The number of nitrogens with zero attached hydrogens (tertiary/aromatic N) is 2. The van der Waals surface area contributed by atoms with Crippen LogP contribution in [0.4, 0.5) is 5.69 Å². The van der Waals surface area contributed by atoms with E-state index in [4.69, 9.17) is 12.2 Å². The SMILES string of the molecule is Cc1ccc(S(=O)(=O)Nc2ccc(C(=O)NCc3n[nH]c(=S)n3C)cc2)cc1C. The highest BCUT2D eigenvalue weighted by Gasteiger charge is 2.15. The molecule has 3 aromatic rings. The minimum atomic E-state index is -3.71. The summed E-state index contributed by atoms with van der Waals surface area (Å²) in [5.74, 6) is 0.295. The lowest BCUT2D eigenvalue weighted by Gasteiger charge is -2.10. The van der Waals surface area contributed by atoms with E-state index in [1.165, 1.54) is 0 Å². The number of hydrogen-bond acceptors (Lipinski definition) is 5. The summed E-state index contributed by atoms with van der Waals surface area (Å²) in [6, 6.07) is 11.2. The highest BCUT2D eigenvalue weighted by atomic mass is 32.2. The highest BCUT2D eigenvalue weighted by Crippen LogP contribution is 2.19. The second kappa shape index (κ2) is 8.18. The molecule has 1 aromatic heterocycles. The maximum atomic E-state index is 12.6. The second-order valence-corrected chi connectivity index (χ2v) is 8.68. The normalized spacial score (nSPS) is 11.3. The summed E-state index contributed by atoms with van der Waals surface area (Å²) in [6.07, 6.45) is 0. The first-order valence-electron chi connectivity index (χ1n) is 8.76. The molecule has 0 fully saturated rings. The molecule has 3 N–H and O–H groups in total. The average Bonchev–Trinajstić information content (AvgIpc) is 3.00. The lowest BCUT2D eigenvalue weighted by Crippen LogP contribution is -2.24. The minimum absolute atomic E-state index is 0.190. The fourth-order valence-electron chi connectivity index (χ4n) is 2.58. The summed E-state index contributed by atoms with van der Waals surface area (Å²) in [5, 5.41) is 9.43. The van der Waals surface area contributed by atoms with Gasteiger partial charge in [0.05, 0.1) is 11.4 Å². The number of H-pyrrole nitrogens is 1. The van der Waals surface area contributed by atoms with E-state index in [0.717, 1.165) is 11.1 Å². The number of nitrogens with one attached hydrogen (secondary N) is 3. The lowest BCUT2D eigenvalue weighted by molar-refractivity contribution is 0.0949. The molecular weight excluding hydrogens is 410 g/mol. The van der Waals surface area contributed by atoms with Gasteiger partial charge in [0.1, 0.15) is 0 Å². The smallest absolute Gasteiger partial charge is 0.261 e. The number of benzene rings is 2. The topological polar surface area (TPSA) is 109 Å². The fraction of sp³-hybridized carbons (Fsp3) is 0.211. The number of hydrogen-bond donors (Lipinski definition) is 3. The second-order valence-electron chi connectivity index (χ2n) is 6.62. The Morgan fingerprint density at radius 3 is 2.41 bits per heavy atom. The van der Waals surface area contributed by atoms with Crippen molar-refractivity contribution in [2.75, 3.05) is 4.72 Å². The Morgan fingerprint density at radius 1 is 1.14 bits per heavy atom. The van der Waals surface area contributed by atoms with Crippen molar-refractivity contribution in [3.05, 3.63) is 69.8 Å². The Bertz CT molecular complexity index is 1210. The van der Waals surface area contributed by atoms with Gasteiger partial charge in [-0.3, -0.25) is 14.6 Å². The molecule has 152 valence electrons. The van der Waals surface area contributed by atoms with Crippen molar-refractivity contribution in [1.29, 1.82) is 0 Å². The first-order chi connectivity index (χ1) is 13.7. The molecule has 0 atom stereocenters. The van der Waals surface area contributed by atoms with Gasteiger partial charge in [-0.15, -0.1) is 0 Å². The third kappa shape index (κ3) is 4.72. The molecule has 0 aliphatic heterocycles. The molecule has 10 heteroatoms. The van der Waals surface area contributed by atoms with Crippen LogP contribution in [0.1, 0.15) is 27.3 Å². The molecule has 8 nitrogen and oxygen atoms in total. The largest absolute Gasteiger partial charge is 0.345 e. The molecule has 1 amide bonds. The third-order valence-electron chi connectivity index (χ3n) is 4.57. The predicted molar refractivity (Wildman–Crippen MR) is 113 cm³/mol. The molecule has 0 radical (unpaired) electrons. The van der Waals surface area contributed by atoms with E-state index < -0.39 is 10.0 Å². The van der Waals surface area contributed by atoms with Gasteiger partial charge >= 0.3 is 0 Å². The zero-order chi connectivity index (χ0) is 21.2. The number of rotatable bonds is 6. The van der Waals surface area contributed by atoms with Gasteiger partial charge in [0.15, 0.2) is 10.6 Å². The fourth-order valence-corrected chi connectivity index (χ4v) is 3.88. The van der Waals surface area contributed by atoms with Gasteiger partial charge in [-0.2, -0.15) is 5.10 Å². The van der Waals surface area contributed by atoms with Crippen LogP contribution in [0.3, 0.4) is 0 Å². The highest BCUT2D eigenvalue weighted by molar-refractivity contribution is 7.92. The van der Waals surface area contributed by atoms with Crippen molar-refractivity contribution in [2.45, 2.75) is 25.3 Å². The minimum Gasteiger partial charge on any atom is -0.345 e. The van der Waals surface area contributed by atoms with Crippen LogP contribution in [-0.4, -0.2) is 29.1 Å². The Kier molecular flexibility index (Phi) is 5.85. The molecule has 29 heavy (non-hydrogen) atoms. The summed E-state index contributed by atoms with van der Waals surface area (Å²) >= 11 is 5.03. The molecule has 0 bridgehead atoms. The van der Waals surface area contributed by atoms with E-state index in [1.54, 1.807) is 54.1 Å². The summed E-state index contributed by atoms with van der Waals surface area (Å²) < 4.78 is 29.8. The average molecular weight is 432 g/mol. The number of aromatic nitrogens is 3. The van der Waals surface area contributed by atoms with Crippen LogP contribution >= 0.6 is 12.2 Å². The van der Waals surface area contributed by atoms with Crippen LogP contribution in [0.5, 0.6) is 0 Å². The van der Waals surface area contributed by atoms with E-state index >= 15 is 0 Å². The Balaban J connectivity index is 1.67. The van der Waals surface area contributed by atoms with Crippen molar-refractivity contribution in [2.24, 2.45) is 7.05 Å². The van der Waals surface area contributed by atoms with Gasteiger partial charge in [-0.05, 0) is 73.6 Å². The number of anilines is 1. The van der Waals surface area contributed by atoms with E-state index in [9.17, 15) is 13.2 Å². The Morgan fingerprint density at radius 2 is 1.83 bits per heavy atom. The number of carbonyl (C=O) groups is 1. The van der Waals surface area contributed by atoms with Gasteiger partial charge in [0.25, 0.3) is 15.9 Å². The summed E-state index contributed by atoms with van der Waals surface area (Å²) in [6.45, 7) is 3.99. The lowest BCUT2D eigenvalue weighted by atomic mass is 10.1. The summed E-state index contributed by atoms with van der Waals surface area (Å²) in [5.41, 5.74) is 2.69. The van der Waals surface area contributed by atoms with Crippen molar-refractivity contribution in [3.63, 3.8) is 0 Å². The van der Waals surface area contributed by atoms with Crippen molar-refractivity contribution in [1.82, 2.24) is 20.1 Å². The first-order valence-corrected chi connectivity index (χ1v) is 10.6. The molecule has 0 saturated heterocycles. The maximum absolute atomic E-state index is 12.6. The molecule has 2 aromatic carbocycles. The molecule has 0 aliphatic rings. The number of sulfonamides is 1. The quantitative estimate of drug-likeness (QED) is 0.520. The van der Waals surface area contributed by atoms with Crippen LogP contribution < -0.4 is 10.0 Å². The van der Waals surface area contributed by atoms with Gasteiger partial charge in [0.2, 0.25) is 0 Å². The van der Waals surface area contributed by atoms with E-state index in [-0.39, 0.29) is 17.3 Å². The van der Waals surface area contributed by atoms with Gasteiger partial charge in [-0.25, -0.2) is 8.42 Å². The molecule has 0 spiro atoms. The van der Waals surface area contributed by atoms with Gasteiger partial charge < -0.3 is 9.88 Å². The van der Waals surface area contributed by atoms with Crippen LogP contribution in [0.25, 0.3) is 0 Å². The molecule has 0 aliphatic carbocycles. The molecule has 0 saturated carbocycles. The van der Waals surface area contributed by atoms with Crippen molar-refractivity contribution < 1.29 is 13.2 Å². The van der Waals surface area contributed by atoms with Gasteiger partial charge in [0, 0.05) is 18.3 Å². The molecule has 3 rings (SSSR count). The monoisotopic (exact) mass is 431 g/mol. The van der Waals surface area contributed by atoms with E-state index in [1.807, 2.05) is 13.8 Å². The predicted octanol–water partition coefficient (Wildman–Crippen LogP) is 2.83. The first kappa shape index (κ1) is 20.7. The zero-order valence-corrected chi connectivity index (χ0v) is 17.8. The maximum Gasteiger partial charge on any atom is 0.261 e. The van der Waals surface area contributed by atoms with Gasteiger partial charge in [-0.1, -0.05) is 6.07 Å². The summed E-state index contributed by atoms with van der Waals surface area (Å²) in [4.78, 5) is 12.5. The Hall–Kier alpha value is -2.98. The van der Waals surface area contributed by atoms with E-state index in [0.29, 0.717) is 21.8 Å². The molecule has 1 heterocycles. The third-order valence-corrected chi connectivity index (χ3v) is 6.31. The molecular formula is C19H21N5O3S2. The summed E-state index contributed by atoms with van der Waals surface area (Å²) in [7, 11) is -1.96. The van der Waals surface area contributed by atoms with Crippen molar-refractivity contribution in [3.8, 4) is 0 Å². The Labute approximate surface area is 174 Å². The van der Waals surface area contributed by atoms with Crippen LogP contribution in [-0.2, 0) is 23.6 Å². The number of amides is 1. The zero-order valence-electron chi connectivity index (χ0n) is 16.2.